The van der Waals surface area contributed by atoms with Crippen LogP contribution in [0.4, 0.5) is 4.39 Å². The van der Waals surface area contributed by atoms with E-state index in [1.165, 1.54) is 16.4 Å². The van der Waals surface area contributed by atoms with E-state index < -0.39 is 32.9 Å². The molecule has 1 saturated heterocycles. The number of nitrogens with one attached hydrogen (secondary N) is 1. The number of aromatic amines is 1. The van der Waals surface area contributed by atoms with E-state index in [9.17, 15) is 22.4 Å². The number of benzene rings is 1. The Morgan fingerprint density at radius 2 is 2.00 bits per heavy atom. The maximum Gasteiger partial charge on any atom is 0.342 e. The van der Waals surface area contributed by atoms with Gasteiger partial charge in [0.2, 0.25) is 10.0 Å². The lowest BCUT2D eigenvalue weighted by Crippen LogP contribution is -2.40. The highest BCUT2D eigenvalue weighted by Gasteiger charge is 2.32. The van der Waals surface area contributed by atoms with Crippen molar-refractivity contribution in [2.45, 2.75) is 23.7 Å². The van der Waals surface area contributed by atoms with Crippen LogP contribution in [0.5, 0.6) is 0 Å². The van der Waals surface area contributed by atoms with Gasteiger partial charge in [-0.25, -0.2) is 22.6 Å². The number of H-pyrrole nitrogens is 1. The van der Waals surface area contributed by atoms with E-state index >= 15 is 0 Å². The first-order chi connectivity index (χ1) is 12.3. The monoisotopic (exact) mass is 381 g/mol. The summed E-state index contributed by atoms with van der Waals surface area (Å²) in [6.07, 6.45) is 2.13. The normalized spacial score (nSPS) is 18.6. The molecule has 1 aliphatic rings. The lowest BCUT2D eigenvalue weighted by Gasteiger charge is -2.31. The van der Waals surface area contributed by atoms with Gasteiger partial charge in [0.25, 0.3) is 5.56 Å². The van der Waals surface area contributed by atoms with Crippen LogP contribution in [0.25, 0.3) is 0 Å². The van der Waals surface area contributed by atoms with Gasteiger partial charge in [-0.05, 0) is 37.1 Å². The van der Waals surface area contributed by atoms with Crippen LogP contribution < -0.4 is 5.56 Å². The second-order valence-corrected chi connectivity index (χ2v) is 7.91. The Morgan fingerprint density at radius 3 is 2.62 bits per heavy atom. The summed E-state index contributed by atoms with van der Waals surface area (Å²) in [5.74, 6) is -2.02. The molecular formula is C16H16FN3O5S. The van der Waals surface area contributed by atoms with Gasteiger partial charge in [0.05, 0.1) is 4.90 Å². The van der Waals surface area contributed by atoms with Crippen LogP contribution in [0.3, 0.4) is 0 Å². The first-order valence-corrected chi connectivity index (χ1v) is 9.31. The van der Waals surface area contributed by atoms with Crippen LogP contribution in [0.15, 0.2) is 40.2 Å². The van der Waals surface area contributed by atoms with Crippen molar-refractivity contribution in [2.24, 2.45) is 0 Å². The van der Waals surface area contributed by atoms with E-state index in [0.717, 1.165) is 18.3 Å². The molecule has 3 rings (SSSR count). The number of piperidine rings is 1. The van der Waals surface area contributed by atoms with Gasteiger partial charge in [-0.15, -0.1) is 0 Å². The minimum absolute atomic E-state index is 0.0118. The first kappa shape index (κ1) is 18.2. The van der Waals surface area contributed by atoms with Crippen molar-refractivity contribution < 1.29 is 22.7 Å². The molecule has 0 saturated carbocycles. The van der Waals surface area contributed by atoms with Crippen molar-refractivity contribution in [3.05, 3.63) is 58.0 Å². The van der Waals surface area contributed by atoms with Crippen molar-refractivity contribution in [2.75, 3.05) is 13.1 Å². The van der Waals surface area contributed by atoms with Crippen molar-refractivity contribution in [3.8, 4) is 0 Å². The zero-order chi connectivity index (χ0) is 18.9. The van der Waals surface area contributed by atoms with Crippen molar-refractivity contribution in [1.82, 2.24) is 14.3 Å². The second kappa shape index (κ2) is 6.96. The molecule has 26 heavy (non-hydrogen) atoms. The molecule has 1 aliphatic heterocycles. The Kier molecular flexibility index (Phi) is 4.88. The molecule has 0 spiro atoms. The minimum atomic E-state index is -3.80. The van der Waals surface area contributed by atoms with Crippen LogP contribution in [0, 0.1) is 5.82 Å². The molecular weight excluding hydrogens is 365 g/mol. The quantitative estimate of drug-likeness (QED) is 0.820. The number of aromatic carboxylic acids is 1. The average molecular weight is 381 g/mol. The van der Waals surface area contributed by atoms with Crippen LogP contribution in [0.1, 0.15) is 34.9 Å². The molecule has 0 unspecified atom stereocenters. The minimum Gasteiger partial charge on any atom is -0.477 e. The topological polar surface area (TPSA) is 120 Å². The molecule has 0 radical (unpaired) electrons. The summed E-state index contributed by atoms with van der Waals surface area (Å²) in [5, 5.41) is 8.89. The number of carboxylic acids is 1. The number of sulfonamides is 1. The van der Waals surface area contributed by atoms with Gasteiger partial charge >= 0.3 is 5.97 Å². The molecule has 0 amide bonds. The third-order valence-corrected chi connectivity index (χ3v) is 6.15. The third kappa shape index (κ3) is 3.51. The van der Waals surface area contributed by atoms with Gasteiger partial charge in [0.15, 0.2) is 0 Å². The predicted octanol–water partition coefficient (Wildman–Crippen LogP) is 1.18. The van der Waals surface area contributed by atoms with Gasteiger partial charge in [-0.2, -0.15) is 4.31 Å². The number of rotatable bonds is 4. The Balaban J connectivity index is 1.85. The molecule has 1 aromatic heterocycles. The van der Waals surface area contributed by atoms with Gasteiger partial charge in [0, 0.05) is 25.2 Å². The number of halogens is 1. The van der Waals surface area contributed by atoms with Crippen molar-refractivity contribution in [3.63, 3.8) is 0 Å². The van der Waals surface area contributed by atoms with Crippen LogP contribution in [-0.2, 0) is 10.0 Å². The summed E-state index contributed by atoms with van der Waals surface area (Å²) >= 11 is 0. The molecule has 1 aromatic carbocycles. The number of hydrogen-bond donors (Lipinski definition) is 2. The Hall–Kier alpha value is -2.59. The van der Waals surface area contributed by atoms with E-state index in [0.29, 0.717) is 19.4 Å². The number of carbonyl (C=O) groups is 1. The molecule has 0 aliphatic carbocycles. The fourth-order valence-corrected chi connectivity index (χ4v) is 4.43. The number of hydrogen-bond acceptors (Lipinski definition) is 5. The predicted molar refractivity (Wildman–Crippen MR) is 89.0 cm³/mol. The number of aromatic nitrogens is 2. The zero-order valence-electron chi connectivity index (χ0n) is 13.6. The van der Waals surface area contributed by atoms with Gasteiger partial charge < -0.3 is 10.1 Å². The van der Waals surface area contributed by atoms with Crippen molar-refractivity contribution >= 4 is 16.0 Å². The summed E-state index contributed by atoms with van der Waals surface area (Å²) in [5.41, 5.74) is -1.25. The maximum atomic E-state index is 13.0. The standard InChI is InChI=1S/C16H16FN3O5S/c17-11-3-5-12(6-4-11)26(24,25)20-7-1-2-10(9-20)14-18-8-13(16(22)23)15(21)19-14/h3-6,8,10H,1-2,7,9H2,(H,22,23)(H,18,19,21)/t10-/m1/s1. The van der Waals surface area contributed by atoms with E-state index in [4.69, 9.17) is 5.11 Å². The number of nitrogens with zero attached hydrogens (tertiary/aromatic N) is 2. The third-order valence-electron chi connectivity index (χ3n) is 4.27. The molecule has 0 bridgehead atoms. The first-order valence-electron chi connectivity index (χ1n) is 7.87. The molecule has 8 nitrogen and oxygen atoms in total. The average Bonchev–Trinajstić information content (AvgIpc) is 2.62. The van der Waals surface area contributed by atoms with Crippen LogP contribution in [0.2, 0.25) is 0 Å². The molecule has 1 atom stereocenters. The fourth-order valence-electron chi connectivity index (χ4n) is 2.91. The summed E-state index contributed by atoms with van der Waals surface area (Å²) in [6.45, 7) is 0.392. The summed E-state index contributed by atoms with van der Waals surface area (Å²) in [6, 6.07) is 4.57. The Morgan fingerprint density at radius 1 is 1.31 bits per heavy atom. The van der Waals surface area contributed by atoms with E-state index in [-0.39, 0.29) is 23.2 Å². The largest absolute Gasteiger partial charge is 0.477 e. The van der Waals surface area contributed by atoms with Crippen molar-refractivity contribution in [1.29, 1.82) is 0 Å². The lowest BCUT2D eigenvalue weighted by atomic mass is 9.99. The molecule has 2 heterocycles. The van der Waals surface area contributed by atoms with Gasteiger partial charge in [0.1, 0.15) is 17.2 Å². The molecule has 138 valence electrons. The molecule has 2 N–H and O–H groups in total. The lowest BCUT2D eigenvalue weighted by molar-refractivity contribution is 0.0694. The van der Waals surface area contributed by atoms with E-state index in [1.54, 1.807) is 0 Å². The molecule has 2 aromatic rings. The zero-order valence-corrected chi connectivity index (χ0v) is 14.4. The molecule has 1 fully saturated rings. The van der Waals surface area contributed by atoms with E-state index in [2.05, 4.69) is 9.97 Å². The van der Waals surface area contributed by atoms with Gasteiger partial charge in [-0.1, -0.05) is 0 Å². The highest BCUT2D eigenvalue weighted by Crippen LogP contribution is 2.28. The highest BCUT2D eigenvalue weighted by atomic mass is 32.2. The Bertz CT molecular complexity index is 988. The highest BCUT2D eigenvalue weighted by molar-refractivity contribution is 7.89. The Labute approximate surface area is 148 Å². The second-order valence-electron chi connectivity index (χ2n) is 5.97. The maximum absolute atomic E-state index is 13.0. The van der Waals surface area contributed by atoms with Crippen LogP contribution in [-0.4, -0.2) is 46.9 Å². The van der Waals surface area contributed by atoms with E-state index in [1.807, 2.05) is 0 Å². The summed E-state index contributed by atoms with van der Waals surface area (Å²) in [7, 11) is -3.80. The SMILES string of the molecule is O=C(O)c1cnc([C@@H]2CCCN(S(=O)(=O)c3ccc(F)cc3)C2)[nH]c1=O. The smallest absolute Gasteiger partial charge is 0.342 e. The summed E-state index contributed by atoms with van der Waals surface area (Å²) < 4.78 is 39.7. The van der Waals surface area contributed by atoms with Crippen LogP contribution >= 0.6 is 0 Å². The fraction of sp³-hybridized carbons (Fsp3) is 0.312. The number of carboxylic acid groups (broad SMARTS) is 1. The molecule has 10 heteroatoms. The van der Waals surface area contributed by atoms with Gasteiger partial charge in [-0.3, -0.25) is 4.79 Å². The summed E-state index contributed by atoms with van der Waals surface area (Å²) in [4.78, 5) is 29.1.